The molecule has 0 spiro atoms. The van der Waals surface area contributed by atoms with Gasteiger partial charge in [0.1, 0.15) is 0 Å². The zero-order valence-corrected chi connectivity index (χ0v) is 12.9. The summed E-state index contributed by atoms with van der Waals surface area (Å²) in [5.41, 5.74) is 2.06. The van der Waals surface area contributed by atoms with Crippen LogP contribution in [0.3, 0.4) is 0 Å². The number of rotatable bonds is 2. The number of fused-ring (bicyclic) bond motifs is 1. The first kappa shape index (κ1) is 16.0. The van der Waals surface area contributed by atoms with Crippen LogP contribution in [0.1, 0.15) is 16.7 Å². The third kappa shape index (κ3) is 2.97. The molecule has 124 valence electrons. The van der Waals surface area contributed by atoms with Gasteiger partial charge in [-0.3, -0.25) is 0 Å². The van der Waals surface area contributed by atoms with Gasteiger partial charge in [0, 0.05) is 5.39 Å². The van der Waals surface area contributed by atoms with Gasteiger partial charge in [-0.2, -0.15) is 18.3 Å². The van der Waals surface area contributed by atoms with Crippen molar-refractivity contribution in [2.75, 3.05) is 0 Å². The maximum atomic E-state index is 12.9. The molecule has 2 aromatic carbocycles. The number of halogens is 3. The van der Waals surface area contributed by atoms with Crippen LogP contribution < -0.4 is 0 Å². The Kier molecular flexibility index (Phi) is 3.79. The molecule has 0 bridgehead atoms. The quantitative estimate of drug-likeness (QED) is 0.561. The Bertz CT molecular complexity index is 942. The Hall–Kier alpha value is -2.83. The predicted octanol–water partition coefficient (Wildman–Crippen LogP) is 5.92. The summed E-state index contributed by atoms with van der Waals surface area (Å²) in [6, 6.07) is 8.70. The summed E-state index contributed by atoms with van der Waals surface area (Å²) in [6.45, 7) is 3.80. The molecule has 0 saturated carbocycles. The molecule has 7 heteroatoms. The number of aromatic hydroxyl groups is 1. The molecule has 0 aliphatic heterocycles. The minimum Gasteiger partial charge on any atom is -0.493 e. The molecular weight excluding hydrogens is 319 g/mol. The van der Waals surface area contributed by atoms with Crippen LogP contribution in [-0.2, 0) is 6.18 Å². The first-order valence-electron chi connectivity index (χ1n) is 7.16. The van der Waals surface area contributed by atoms with Crippen molar-refractivity contribution in [2.45, 2.75) is 20.0 Å². The van der Waals surface area contributed by atoms with E-state index < -0.39 is 11.7 Å². The van der Waals surface area contributed by atoms with Gasteiger partial charge in [-0.25, -0.2) is 0 Å². The van der Waals surface area contributed by atoms with Crippen molar-refractivity contribution in [1.29, 1.82) is 0 Å². The summed E-state index contributed by atoms with van der Waals surface area (Å²) < 4.78 is 38.6. The van der Waals surface area contributed by atoms with Gasteiger partial charge in [-0.05, 0) is 43.7 Å². The number of hydrogen-bond donors (Lipinski definition) is 2. The molecule has 1 heterocycles. The van der Waals surface area contributed by atoms with Crippen molar-refractivity contribution < 1.29 is 18.3 Å². The summed E-state index contributed by atoms with van der Waals surface area (Å²) in [6.07, 6.45) is -4.47. The average molecular weight is 333 g/mol. The largest absolute Gasteiger partial charge is 0.493 e. The van der Waals surface area contributed by atoms with E-state index in [1.54, 1.807) is 6.07 Å². The Balaban J connectivity index is 2.08. The van der Waals surface area contributed by atoms with Gasteiger partial charge in [-0.1, -0.05) is 17.7 Å². The number of azo groups is 1. The van der Waals surface area contributed by atoms with Gasteiger partial charge in [0.25, 0.3) is 0 Å². The van der Waals surface area contributed by atoms with E-state index in [2.05, 4.69) is 15.2 Å². The summed E-state index contributed by atoms with van der Waals surface area (Å²) in [7, 11) is 0. The number of aryl methyl sites for hydroxylation is 2. The van der Waals surface area contributed by atoms with Crippen LogP contribution in [0, 0.1) is 13.8 Å². The lowest BCUT2D eigenvalue weighted by Gasteiger charge is -2.06. The highest BCUT2D eigenvalue weighted by Gasteiger charge is 2.31. The normalized spacial score (nSPS) is 12.4. The standard InChI is InChI=1S/C17H14F3N3O/c1-9-3-5-13(10(2)7-9)22-23-15-12-8-11(17(18,19)20)4-6-14(12)21-16(15)24/h3-8,21,24H,1-2H3. The molecule has 2 N–H and O–H groups in total. The second kappa shape index (κ2) is 5.67. The molecule has 0 aliphatic carbocycles. The van der Waals surface area contributed by atoms with Crippen LogP contribution in [0.25, 0.3) is 10.9 Å². The first-order valence-corrected chi connectivity index (χ1v) is 7.16. The van der Waals surface area contributed by atoms with Gasteiger partial charge in [-0.15, -0.1) is 5.11 Å². The maximum absolute atomic E-state index is 12.9. The second-order valence-corrected chi connectivity index (χ2v) is 5.57. The van der Waals surface area contributed by atoms with Gasteiger partial charge >= 0.3 is 6.18 Å². The topological polar surface area (TPSA) is 60.7 Å². The second-order valence-electron chi connectivity index (χ2n) is 5.57. The summed E-state index contributed by atoms with van der Waals surface area (Å²) in [5.74, 6) is -0.321. The predicted molar refractivity (Wildman–Crippen MR) is 85.1 cm³/mol. The van der Waals surface area contributed by atoms with Gasteiger partial charge in [0.2, 0.25) is 5.88 Å². The Labute approximate surface area is 135 Å². The molecule has 0 unspecified atom stereocenters. The van der Waals surface area contributed by atoms with E-state index in [9.17, 15) is 18.3 Å². The van der Waals surface area contributed by atoms with Gasteiger partial charge in [0.05, 0.1) is 16.8 Å². The lowest BCUT2D eigenvalue weighted by Crippen LogP contribution is -2.03. The number of aromatic amines is 1. The molecule has 0 atom stereocenters. The maximum Gasteiger partial charge on any atom is 0.416 e. The molecular formula is C17H14F3N3O. The number of alkyl halides is 3. The van der Waals surface area contributed by atoms with E-state index in [0.29, 0.717) is 11.2 Å². The molecule has 0 fully saturated rings. The van der Waals surface area contributed by atoms with Crippen molar-refractivity contribution >= 4 is 22.3 Å². The summed E-state index contributed by atoms with van der Waals surface area (Å²) in [4.78, 5) is 2.60. The molecule has 1 aromatic heterocycles. The fraction of sp³-hybridized carbons (Fsp3) is 0.176. The fourth-order valence-electron chi connectivity index (χ4n) is 2.46. The lowest BCUT2D eigenvalue weighted by molar-refractivity contribution is -0.137. The summed E-state index contributed by atoms with van der Waals surface area (Å²) >= 11 is 0. The van der Waals surface area contributed by atoms with Crippen LogP contribution in [0.15, 0.2) is 46.6 Å². The number of aromatic nitrogens is 1. The molecule has 0 saturated heterocycles. The number of nitrogens with zero attached hydrogens (tertiary/aromatic N) is 2. The first-order chi connectivity index (χ1) is 11.3. The van der Waals surface area contributed by atoms with Gasteiger partial charge in [0.15, 0.2) is 5.69 Å². The minimum atomic E-state index is -4.47. The third-order valence-electron chi connectivity index (χ3n) is 3.69. The van der Waals surface area contributed by atoms with Crippen molar-refractivity contribution in [3.63, 3.8) is 0 Å². The SMILES string of the molecule is Cc1ccc(N=Nc2c(O)[nH]c3ccc(C(F)(F)F)cc23)c(C)c1. The molecule has 0 aliphatic rings. The van der Waals surface area contributed by atoms with Crippen LogP contribution >= 0.6 is 0 Å². The molecule has 24 heavy (non-hydrogen) atoms. The highest BCUT2D eigenvalue weighted by Crippen LogP contribution is 2.39. The van der Waals surface area contributed by atoms with Crippen LogP contribution in [0.4, 0.5) is 24.5 Å². The number of H-pyrrole nitrogens is 1. The smallest absolute Gasteiger partial charge is 0.416 e. The van der Waals surface area contributed by atoms with E-state index >= 15 is 0 Å². The van der Waals surface area contributed by atoms with E-state index in [1.807, 2.05) is 26.0 Å². The zero-order chi connectivity index (χ0) is 17.5. The summed E-state index contributed by atoms with van der Waals surface area (Å²) in [5, 5.41) is 18.1. The van der Waals surface area contributed by atoms with Crippen LogP contribution in [-0.4, -0.2) is 10.1 Å². The number of nitrogens with one attached hydrogen (secondary N) is 1. The molecule has 0 amide bonds. The molecule has 3 rings (SSSR count). The van der Waals surface area contributed by atoms with Gasteiger partial charge < -0.3 is 10.1 Å². The van der Waals surface area contributed by atoms with Crippen molar-refractivity contribution in [2.24, 2.45) is 10.2 Å². The van der Waals surface area contributed by atoms with Crippen LogP contribution in [0.2, 0.25) is 0 Å². The average Bonchev–Trinajstić information content (AvgIpc) is 2.80. The van der Waals surface area contributed by atoms with Crippen molar-refractivity contribution in [3.05, 3.63) is 53.1 Å². The zero-order valence-electron chi connectivity index (χ0n) is 12.9. The highest BCUT2D eigenvalue weighted by atomic mass is 19.4. The van der Waals surface area contributed by atoms with E-state index in [-0.39, 0.29) is 17.0 Å². The Morgan fingerprint density at radius 1 is 1.00 bits per heavy atom. The van der Waals surface area contributed by atoms with E-state index in [0.717, 1.165) is 23.3 Å². The molecule has 3 aromatic rings. The minimum absolute atomic E-state index is 0.0175. The number of hydrogen-bond acceptors (Lipinski definition) is 3. The highest BCUT2D eigenvalue weighted by molar-refractivity contribution is 5.94. The molecule has 0 radical (unpaired) electrons. The monoisotopic (exact) mass is 333 g/mol. The number of benzene rings is 2. The lowest BCUT2D eigenvalue weighted by atomic mass is 10.1. The molecule has 4 nitrogen and oxygen atoms in total. The Morgan fingerprint density at radius 2 is 1.75 bits per heavy atom. The van der Waals surface area contributed by atoms with E-state index in [4.69, 9.17) is 0 Å². The van der Waals surface area contributed by atoms with Crippen LogP contribution in [0.5, 0.6) is 5.88 Å². The Morgan fingerprint density at radius 3 is 2.42 bits per heavy atom. The van der Waals surface area contributed by atoms with E-state index in [1.165, 1.54) is 6.07 Å². The van der Waals surface area contributed by atoms with Crippen molar-refractivity contribution in [3.8, 4) is 5.88 Å². The third-order valence-corrected chi connectivity index (χ3v) is 3.69. The fourth-order valence-corrected chi connectivity index (χ4v) is 2.46. The van der Waals surface area contributed by atoms with Crippen molar-refractivity contribution in [1.82, 2.24) is 4.98 Å².